The molecule has 0 saturated carbocycles. The van der Waals surface area contributed by atoms with E-state index >= 15 is 0 Å². The molecule has 1 saturated heterocycles. The van der Waals surface area contributed by atoms with Crippen LogP contribution in [0.25, 0.3) is 0 Å². The minimum atomic E-state index is 0.809. The van der Waals surface area contributed by atoms with E-state index in [0.717, 1.165) is 32.1 Å². The zero-order valence-electron chi connectivity index (χ0n) is 8.15. The molecule has 0 N–H and O–H groups in total. The summed E-state index contributed by atoms with van der Waals surface area (Å²) in [5, 5.41) is 0. The highest BCUT2D eigenvalue weighted by Crippen LogP contribution is 2.17. The van der Waals surface area contributed by atoms with Gasteiger partial charge in [0.2, 0.25) is 0 Å². The zero-order valence-corrected chi connectivity index (χ0v) is 9.04. The molecule has 0 bridgehead atoms. The number of hydrogen-bond donors (Lipinski definition) is 1. The van der Waals surface area contributed by atoms with E-state index in [-0.39, 0.29) is 0 Å². The molecule has 1 aromatic carbocycles. The first-order valence-corrected chi connectivity index (χ1v) is 5.56. The maximum atomic E-state index is 5.31. The van der Waals surface area contributed by atoms with Gasteiger partial charge in [0.1, 0.15) is 0 Å². The second kappa shape index (κ2) is 4.71. The van der Waals surface area contributed by atoms with Crippen LogP contribution in [0.2, 0.25) is 0 Å². The van der Waals surface area contributed by atoms with E-state index in [0.29, 0.717) is 0 Å². The van der Waals surface area contributed by atoms with Crippen molar-refractivity contribution in [2.75, 3.05) is 31.2 Å². The lowest BCUT2D eigenvalue weighted by Gasteiger charge is -2.28. The van der Waals surface area contributed by atoms with E-state index in [4.69, 9.17) is 4.74 Å². The van der Waals surface area contributed by atoms with E-state index in [2.05, 4.69) is 41.8 Å². The van der Waals surface area contributed by atoms with Crippen molar-refractivity contribution in [1.29, 1.82) is 0 Å². The van der Waals surface area contributed by atoms with Gasteiger partial charge < -0.3 is 9.64 Å². The van der Waals surface area contributed by atoms with Gasteiger partial charge in [-0.1, -0.05) is 12.1 Å². The van der Waals surface area contributed by atoms with Crippen LogP contribution in [0.4, 0.5) is 5.69 Å². The third kappa shape index (κ3) is 2.22. The number of ether oxygens (including phenoxy) is 1. The standard InChI is InChI=1S/C11H15NOS/c14-9-10-1-3-11(4-2-10)12-5-7-13-8-6-12/h1-4,14H,5-9H2. The zero-order chi connectivity index (χ0) is 9.80. The highest BCUT2D eigenvalue weighted by molar-refractivity contribution is 7.79. The third-order valence-electron chi connectivity index (χ3n) is 2.50. The average molecular weight is 209 g/mol. The van der Waals surface area contributed by atoms with Gasteiger partial charge in [0.25, 0.3) is 0 Å². The summed E-state index contributed by atoms with van der Waals surface area (Å²) in [6, 6.07) is 8.60. The van der Waals surface area contributed by atoms with Gasteiger partial charge in [0.05, 0.1) is 13.2 Å². The molecule has 1 aliphatic heterocycles. The lowest BCUT2D eigenvalue weighted by molar-refractivity contribution is 0.122. The number of morpholine rings is 1. The summed E-state index contributed by atoms with van der Waals surface area (Å²) in [7, 11) is 0. The third-order valence-corrected chi connectivity index (χ3v) is 2.86. The van der Waals surface area contributed by atoms with Crippen LogP contribution in [0.1, 0.15) is 5.56 Å². The van der Waals surface area contributed by atoms with Crippen LogP contribution < -0.4 is 4.90 Å². The largest absolute Gasteiger partial charge is 0.378 e. The fraction of sp³-hybridized carbons (Fsp3) is 0.455. The molecule has 1 aliphatic rings. The van der Waals surface area contributed by atoms with Crippen molar-refractivity contribution >= 4 is 18.3 Å². The molecule has 0 radical (unpaired) electrons. The summed E-state index contributed by atoms with van der Waals surface area (Å²) in [6.45, 7) is 3.68. The average Bonchev–Trinajstić information content (AvgIpc) is 2.30. The van der Waals surface area contributed by atoms with Crippen LogP contribution in [0.3, 0.4) is 0 Å². The molecule has 76 valence electrons. The number of benzene rings is 1. The van der Waals surface area contributed by atoms with Gasteiger partial charge in [-0.15, -0.1) is 0 Å². The minimum Gasteiger partial charge on any atom is -0.378 e. The van der Waals surface area contributed by atoms with E-state index in [9.17, 15) is 0 Å². The smallest absolute Gasteiger partial charge is 0.0642 e. The van der Waals surface area contributed by atoms with Crippen molar-refractivity contribution in [2.45, 2.75) is 5.75 Å². The predicted molar refractivity (Wildman–Crippen MR) is 62.2 cm³/mol. The maximum absolute atomic E-state index is 5.31. The van der Waals surface area contributed by atoms with Gasteiger partial charge in [-0.05, 0) is 17.7 Å². The SMILES string of the molecule is SCc1ccc(N2CCOCC2)cc1. The predicted octanol–water partition coefficient (Wildman–Crippen LogP) is 1.95. The Bertz CT molecular complexity index is 280. The van der Waals surface area contributed by atoms with Crippen LogP contribution in [0, 0.1) is 0 Å². The van der Waals surface area contributed by atoms with Crippen molar-refractivity contribution in [3.8, 4) is 0 Å². The van der Waals surface area contributed by atoms with Gasteiger partial charge in [-0.2, -0.15) is 12.6 Å². The Kier molecular flexibility index (Phi) is 3.32. The lowest BCUT2D eigenvalue weighted by Crippen LogP contribution is -2.36. The Morgan fingerprint density at radius 1 is 1.14 bits per heavy atom. The first kappa shape index (κ1) is 9.87. The Morgan fingerprint density at radius 2 is 1.79 bits per heavy atom. The Hall–Kier alpha value is -0.670. The van der Waals surface area contributed by atoms with Gasteiger partial charge in [-0.3, -0.25) is 0 Å². The van der Waals surface area contributed by atoms with E-state index in [1.165, 1.54) is 11.3 Å². The first-order chi connectivity index (χ1) is 6.90. The first-order valence-electron chi connectivity index (χ1n) is 4.92. The van der Waals surface area contributed by atoms with Gasteiger partial charge in [-0.25, -0.2) is 0 Å². The van der Waals surface area contributed by atoms with Gasteiger partial charge >= 0.3 is 0 Å². The van der Waals surface area contributed by atoms with E-state index < -0.39 is 0 Å². The highest BCUT2D eigenvalue weighted by atomic mass is 32.1. The summed E-state index contributed by atoms with van der Waals surface area (Å²) in [5.41, 5.74) is 2.56. The number of rotatable bonds is 2. The van der Waals surface area contributed by atoms with Crippen LogP contribution in [-0.4, -0.2) is 26.3 Å². The second-order valence-electron chi connectivity index (χ2n) is 3.42. The number of thiol groups is 1. The monoisotopic (exact) mass is 209 g/mol. The molecule has 0 amide bonds. The van der Waals surface area contributed by atoms with Crippen LogP contribution in [0.15, 0.2) is 24.3 Å². The van der Waals surface area contributed by atoms with Crippen LogP contribution in [0.5, 0.6) is 0 Å². The fourth-order valence-corrected chi connectivity index (χ4v) is 1.84. The Labute approximate surface area is 90.3 Å². The molecule has 0 aromatic heterocycles. The fourth-order valence-electron chi connectivity index (χ4n) is 1.63. The molecule has 1 fully saturated rings. The quantitative estimate of drug-likeness (QED) is 0.747. The number of anilines is 1. The molecule has 3 heteroatoms. The summed E-state index contributed by atoms with van der Waals surface area (Å²) in [6.07, 6.45) is 0. The highest BCUT2D eigenvalue weighted by Gasteiger charge is 2.10. The van der Waals surface area contributed by atoms with Crippen molar-refractivity contribution in [1.82, 2.24) is 0 Å². The van der Waals surface area contributed by atoms with E-state index in [1.807, 2.05) is 0 Å². The van der Waals surface area contributed by atoms with Gasteiger partial charge in [0, 0.05) is 24.5 Å². The minimum absolute atomic E-state index is 0.809. The molecular weight excluding hydrogens is 194 g/mol. The van der Waals surface area contributed by atoms with E-state index in [1.54, 1.807) is 0 Å². The summed E-state index contributed by atoms with van der Waals surface area (Å²) in [5.74, 6) is 0.809. The summed E-state index contributed by atoms with van der Waals surface area (Å²) >= 11 is 4.24. The second-order valence-corrected chi connectivity index (χ2v) is 3.74. The Balaban J connectivity index is 2.07. The maximum Gasteiger partial charge on any atom is 0.0642 e. The van der Waals surface area contributed by atoms with Crippen molar-refractivity contribution in [3.05, 3.63) is 29.8 Å². The van der Waals surface area contributed by atoms with Crippen molar-refractivity contribution in [3.63, 3.8) is 0 Å². The van der Waals surface area contributed by atoms with Crippen molar-refractivity contribution < 1.29 is 4.74 Å². The number of hydrogen-bond acceptors (Lipinski definition) is 3. The summed E-state index contributed by atoms with van der Waals surface area (Å²) < 4.78 is 5.31. The number of nitrogens with zero attached hydrogens (tertiary/aromatic N) is 1. The van der Waals surface area contributed by atoms with Crippen LogP contribution >= 0.6 is 12.6 Å². The molecular formula is C11H15NOS. The molecule has 1 aromatic rings. The molecule has 0 spiro atoms. The lowest BCUT2D eigenvalue weighted by atomic mass is 10.2. The molecule has 1 heterocycles. The molecule has 2 rings (SSSR count). The molecule has 0 aliphatic carbocycles. The Morgan fingerprint density at radius 3 is 2.36 bits per heavy atom. The van der Waals surface area contributed by atoms with Crippen LogP contribution in [-0.2, 0) is 10.5 Å². The topological polar surface area (TPSA) is 12.5 Å². The molecule has 2 nitrogen and oxygen atoms in total. The van der Waals surface area contributed by atoms with Gasteiger partial charge in [0.15, 0.2) is 0 Å². The normalized spacial score (nSPS) is 17.1. The summed E-state index contributed by atoms with van der Waals surface area (Å²) in [4.78, 5) is 2.35. The molecule has 0 atom stereocenters. The molecule has 0 unspecified atom stereocenters. The van der Waals surface area contributed by atoms with Crippen molar-refractivity contribution in [2.24, 2.45) is 0 Å². The molecule has 14 heavy (non-hydrogen) atoms.